The average Bonchev–Trinajstić information content (AvgIpc) is 3.53. The fraction of sp³-hybridized carbons (Fsp3) is 0.417. The van der Waals surface area contributed by atoms with Crippen LogP contribution < -0.4 is 15.8 Å². The van der Waals surface area contributed by atoms with Crippen LogP contribution in [0.1, 0.15) is 35.0 Å². The molecule has 0 aromatic carbocycles. The molecule has 2 atom stereocenters. The van der Waals surface area contributed by atoms with E-state index in [0.717, 1.165) is 60.6 Å². The molecule has 172 valence electrons. The predicted octanol–water partition coefficient (Wildman–Crippen LogP) is 2.04. The summed E-state index contributed by atoms with van der Waals surface area (Å²) in [6, 6.07) is 7.10. The van der Waals surface area contributed by atoms with E-state index in [-0.39, 0.29) is 17.5 Å². The van der Waals surface area contributed by atoms with Crippen molar-refractivity contribution in [1.82, 2.24) is 25.2 Å². The van der Waals surface area contributed by atoms with Gasteiger partial charge in [-0.2, -0.15) is 0 Å². The highest BCUT2D eigenvalue weighted by Crippen LogP contribution is 2.25. The van der Waals surface area contributed by atoms with Crippen molar-refractivity contribution in [2.75, 3.05) is 31.1 Å². The zero-order valence-electron chi connectivity index (χ0n) is 18.6. The zero-order valence-corrected chi connectivity index (χ0v) is 18.6. The van der Waals surface area contributed by atoms with E-state index in [1.165, 1.54) is 0 Å². The lowest BCUT2D eigenvalue weighted by molar-refractivity contribution is 0.0942. The number of fused-ring (bicyclic) bond motifs is 1. The van der Waals surface area contributed by atoms with Crippen molar-refractivity contribution in [2.24, 2.45) is 0 Å². The number of carbonyl (C=O) groups excluding carboxylic acids is 1. The summed E-state index contributed by atoms with van der Waals surface area (Å²) in [4.78, 5) is 40.6. The van der Waals surface area contributed by atoms with Crippen molar-refractivity contribution in [1.29, 1.82) is 0 Å². The first-order valence-electron chi connectivity index (χ1n) is 11.4. The summed E-state index contributed by atoms with van der Waals surface area (Å²) in [6.45, 7) is 6.17. The van der Waals surface area contributed by atoms with Gasteiger partial charge in [0, 0.05) is 50.9 Å². The molecule has 2 N–H and O–H groups in total. The molecule has 3 aromatic rings. The van der Waals surface area contributed by atoms with E-state index in [0.29, 0.717) is 18.5 Å². The van der Waals surface area contributed by atoms with Crippen LogP contribution in [0.4, 0.5) is 10.1 Å². The standard InChI is InChI=1S/C24H27FN6O2/c1-2-16-10-21-22(29-23(16)32)9-15(12-26-21)14-30-5-7-31(8-6-30)17-3-4-19(27-13-17)24(33)28-20-11-18(20)25/h3-4,9-10,12-13,18,20H,2,5-8,11,14H2,1H3,(H,28,33)(H,29,32)/t18-,20-/m0/s1. The van der Waals surface area contributed by atoms with Gasteiger partial charge >= 0.3 is 0 Å². The predicted molar refractivity (Wildman–Crippen MR) is 124 cm³/mol. The van der Waals surface area contributed by atoms with E-state index in [4.69, 9.17) is 0 Å². The molecule has 2 aliphatic rings. The first kappa shape index (κ1) is 21.5. The van der Waals surface area contributed by atoms with Crippen LogP contribution >= 0.6 is 0 Å². The molecule has 1 aliphatic heterocycles. The van der Waals surface area contributed by atoms with Gasteiger partial charge in [0.05, 0.1) is 29.0 Å². The number of H-pyrrole nitrogens is 1. The summed E-state index contributed by atoms with van der Waals surface area (Å²) < 4.78 is 13.0. The quantitative estimate of drug-likeness (QED) is 0.597. The number of hydrogen-bond donors (Lipinski definition) is 2. The van der Waals surface area contributed by atoms with Gasteiger partial charge in [0.1, 0.15) is 11.9 Å². The summed E-state index contributed by atoms with van der Waals surface area (Å²) in [7, 11) is 0. The van der Waals surface area contributed by atoms with E-state index in [2.05, 4.69) is 30.1 Å². The number of aryl methyl sites for hydroxylation is 1. The molecule has 33 heavy (non-hydrogen) atoms. The first-order valence-corrected chi connectivity index (χ1v) is 11.4. The number of carbonyl (C=O) groups is 1. The van der Waals surface area contributed by atoms with Gasteiger partial charge in [-0.25, -0.2) is 9.37 Å². The molecule has 3 aromatic heterocycles. The van der Waals surface area contributed by atoms with Crippen LogP contribution in [0.3, 0.4) is 0 Å². The number of halogens is 1. The molecule has 1 saturated carbocycles. The zero-order chi connectivity index (χ0) is 22.9. The molecule has 1 saturated heterocycles. The molecule has 4 heterocycles. The highest BCUT2D eigenvalue weighted by Gasteiger charge is 2.39. The second-order valence-electron chi connectivity index (χ2n) is 8.75. The third-order valence-electron chi connectivity index (χ3n) is 6.36. The smallest absolute Gasteiger partial charge is 0.270 e. The van der Waals surface area contributed by atoms with Crippen molar-refractivity contribution in [3.8, 4) is 0 Å². The lowest BCUT2D eigenvalue weighted by Gasteiger charge is -2.36. The Morgan fingerprint density at radius 2 is 1.97 bits per heavy atom. The molecule has 2 fully saturated rings. The monoisotopic (exact) mass is 450 g/mol. The van der Waals surface area contributed by atoms with Crippen LogP contribution in [-0.4, -0.2) is 64.2 Å². The molecule has 1 aliphatic carbocycles. The number of hydrogen-bond acceptors (Lipinski definition) is 6. The second kappa shape index (κ2) is 8.90. The normalized spacial score (nSPS) is 20.7. The largest absolute Gasteiger partial charge is 0.368 e. The summed E-state index contributed by atoms with van der Waals surface area (Å²) in [5.41, 5.74) is 4.63. The number of anilines is 1. The van der Waals surface area contributed by atoms with Crippen molar-refractivity contribution >= 4 is 22.6 Å². The van der Waals surface area contributed by atoms with Gasteiger partial charge < -0.3 is 15.2 Å². The second-order valence-corrected chi connectivity index (χ2v) is 8.75. The summed E-state index contributed by atoms with van der Waals surface area (Å²) >= 11 is 0. The van der Waals surface area contributed by atoms with Gasteiger partial charge in [0.15, 0.2) is 0 Å². The minimum absolute atomic E-state index is 0.0474. The Bertz CT molecular complexity index is 1220. The van der Waals surface area contributed by atoms with Gasteiger partial charge in [-0.1, -0.05) is 6.92 Å². The van der Waals surface area contributed by atoms with E-state index in [1.54, 1.807) is 12.3 Å². The third-order valence-corrected chi connectivity index (χ3v) is 6.36. The maximum absolute atomic E-state index is 13.0. The number of nitrogens with one attached hydrogen (secondary N) is 2. The van der Waals surface area contributed by atoms with E-state index in [9.17, 15) is 14.0 Å². The Labute approximate surface area is 190 Å². The maximum Gasteiger partial charge on any atom is 0.270 e. The van der Waals surface area contributed by atoms with E-state index < -0.39 is 6.17 Å². The van der Waals surface area contributed by atoms with E-state index >= 15 is 0 Å². The highest BCUT2D eigenvalue weighted by atomic mass is 19.1. The number of aromatic amines is 1. The minimum Gasteiger partial charge on any atom is -0.368 e. The van der Waals surface area contributed by atoms with Crippen LogP contribution in [0, 0.1) is 0 Å². The number of pyridine rings is 3. The molecule has 0 radical (unpaired) electrons. The van der Waals surface area contributed by atoms with Crippen molar-refractivity contribution in [2.45, 2.75) is 38.5 Å². The van der Waals surface area contributed by atoms with Gasteiger partial charge in [-0.05, 0) is 36.2 Å². The summed E-state index contributed by atoms with van der Waals surface area (Å²) in [6.07, 6.45) is 3.74. The number of alkyl halides is 1. The Balaban J connectivity index is 1.17. The topological polar surface area (TPSA) is 94.2 Å². The molecular weight excluding hydrogens is 423 g/mol. The molecular formula is C24H27FN6O2. The Hall–Kier alpha value is -3.33. The van der Waals surface area contributed by atoms with Crippen molar-refractivity contribution in [3.05, 3.63) is 63.8 Å². The molecule has 0 spiro atoms. The first-order chi connectivity index (χ1) is 16.0. The molecule has 0 unspecified atom stereocenters. The van der Waals surface area contributed by atoms with Crippen molar-refractivity contribution < 1.29 is 9.18 Å². The molecule has 0 bridgehead atoms. The number of rotatable bonds is 6. The van der Waals surface area contributed by atoms with Crippen LogP contribution in [-0.2, 0) is 13.0 Å². The average molecular weight is 451 g/mol. The SMILES string of the molecule is CCc1cc2ncc(CN3CCN(c4ccc(C(=O)N[C@H]5C[C@@H]5F)nc4)CC3)cc2[nH]c1=O. The Morgan fingerprint density at radius 3 is 2.64 bits per heavy atom. The number of amides is 1. The van der Waals surface area contributed by atoms with Crippen LogP contribution in [0.2, 0.25) is 0 Å². The lowest BCUT2D eigenvalue weighted by atomic mass is 10.1. The number of aromatic nitrogens is 3. The van der Waals surface area contributed by atoms with Gasteiger partial charge in [-0.3, -0.25) is 19.5 Å². The number of nitrogens with zero attached hydrogens (tertiary/aromatic N) is 4. The maximum atomic E-state index is 13.0. The van der Waals surface area contributed by atoms with Gasteiger partial charge in [0.2, 0.25) is 0 Å². The highest BCUT2D eigenvalue weighted by molar-refractivity contribution is 5.93. The fourth-order valence-electron chi connectivity index (χ4n) is 4.20. The lowest BCUT2D eigenvalue weighted by Crippen LogP contribution is -2.46. The molecule has 5 rings (SSSR count). The van der Waals surface area contributed by atoms with Crippen molar-refractivity contribution in [3.63, 3.8) is 0 Å². The van der Waals surface area contributed by atoms with Crippen LogP contribution in [0.5, 0.6) is 0 Å². The van der Waals surface area contributed by atoms with Crippen LogP contribution in [0.25, 0.3) is 11.0 Å². The minimum atomic E-state index is -0.925. The summed E-state index contributed by atoms with van der Waals surface area (Å²) in [5, 5.41) is 2.65. The van der Waals surface area contributed by atoms with E-state index in [1.807, 2.05) is 31.3 Å². The summed E-state index contributed by atoms with van der Waals surface area (Å²) in [5.74, 6) is -0.326. The van der Waals surface area contributed by atoms with Gasteiger partial charge in [-0.15, -0.1) is 0 Å². The molecule has 8 nitrogen and oxygen atoms in total. The van der Waals surface area contributed by atoms with Gasteiger partial charge in [0.25, 0.3) is 11.5 Å². The Kier molecular flexibility index (Phi) is 5.80. The fourth-order valence-corrected chi connectivity index (χ4v) is 4.20. The van der Waals surface area contributed by atoms with Crippen LogP contribution in [0.15, 0.2) is 41.5 Å². The third kappa shape index (κ3) is 4.73. The number of piperazine rings is 1. The Morgan fingerprint density at radius 1 is 1.18 bits per heavy atom. The molecule has 9 heteroatoms. The molecule has 1 amide bonds.